The number of hydrogen-bond donors (Lipinski definition) is 0. The SMILES string of the molecule is CSc1c(OP(C)(=O)Oc2nnc(C)c(C)c2SC)nnc(C)c1C. The average molecular weight is 400 g/mol. The van der Waals surface area contributed by atoms with Crippen molar-refractivity contribution in [1.82, 2.24) is 20.4 Å². The van der Waals surface area contributed by atoms with Crippen molar-refractivity contribution in [2.24, 2.45) is 0 Å². The molecule has 2 aromatic rings. The molecule has 0 radical (unpaired) electrons. The van der Waals surface area contributed by atoms with Crippen LogP contribution in [0.3, 0.4) is 0 Å². The van der Waals surface area contributed by atoms with Gasteiger partial charge in [-0.2, -0.15) is 10.2 Å². The molecule has 0 aromatic carbocycles. The Morgan fingerprint density at radius 2 is 1.12 bits per heavy atom. The Balaban J connectivity index is 2.34. The molecule has 0 bridgehead atoms. The van der Waals surface area contributed by atoms with Gasteiger partial charge < -0.3 is 9.05 Å². The second-order valence-corrected chi connectivity index (χ2v) is 8.99. The summed E-state index contributed by atoms with van der Waals surface area (Å²) in [6.07, 6.45) is 3.80. The fourth-order valence-corrected chi connectivity index (χ4v) is 4.53. The van der Waals surface area contributed by atoms with Crippen molar-refractivity contribution in [3.63, 3.8) is 0 Å². The smallest absolute Gasteiger partial charge is 0.395 e. The monoisotopic (exact) mass is 400 g/mol. The van der Waals surface area contributed by atoms with E-state index in [-0.39, 0.29) is 11.8 Å². The molecule has 10 heteroatoms. The second-order valence-electron chi connectivity index (χ2n) is 5.45. The van der Waals surface area contributed by atoms with E-state index in [1.807, 2.05) is 40.2 Å². The molecule has 25 heavy (non-hydrogen) atoms. The minimum atomic E-state index is -3.52. The van der Waals surface area contributed by atoms with Gasteiger partial charge in [0.05, 0.1) is 27.8 Å². The van der Waals surface area contributed by atoms with Crippen molar-refractivity contribution >= 4 is 31.1 Å². The maximum atomic E-state index is 12.9. The summed E-state index contributed by atoms with van der Waals surface area (Å²) in [5.74, 6) is 0.396. The molecule has 2 rings (SSSR count). The van der Waals surface area contributed by atoms with Crippen LogP contribution >= 0.6 is 31.1 Å². The third kappa shape index (κ3) is 4.46. The summed E-state index contributed by atoms with van der Waals surface area (Å²) in [6.45, 7) is 8.96. The number of hydrogen-bond acceptors (Lipinski definition) is 9. The van der Waals surface area contributed by atoms with Gasteiger partial charge in [-0.05, 0) is 51.3 Å². The molecule has 0 unspecified atom stereocenters. The number of nitrogens with zero attached hydrogens (tertiary/aromatic N) is 4. The van der Waals surface area contributed by atoms with Crippen LogP contribution < -0.4 is 9.05 Å². The lowest BCUT2D eigenvalue weighted by atomic mass is 10.2. The number of aryl methyl sites for hydroxylation is 2. The van der Waals surface area contributed by atoms with Gasteiger partial charge in [0.1, 0.15) is 0 Å². The standard InChI is InChI=1S/C15H21N4O3PS2/c1-8-10(3)16-18-14(12(8)24-6)21-23(5,20)22-15-13(25-7)9(2)11(4)17-19-15/h1-7H3. The molecule has 0 aliphatic heterocycles. The Hall–Kier alpha value is -1.31. The van der Waals surface area contributed by atoms with Gasteiger partial charge in [-0.1, -0.05) is 0 Å². The predicted molar refractivity (Wildman–Crippen MR) is 101 cm³/mol. The summed E-state index contributed by atoms with van der Waals surface area (Å²) in [5, 5.41) is 16.1. The zero-order valence-corrected chi connectivity index (χ0v) is 17.8. The minimum absolute atomic E-state index is 0.198. The molecule has 0 N–H and O–H groups in total. The molecule has 0 atom stereocenters. The van der Waals surface area contributed by atoms with Crippen molar-refractivity contribution < 1.29 is 13.6 Å². The van der Waals surface area contributed by atoms with Crippen LogP contribution in [0.1, 0.15) is 22.5 Å². The van der Waals surface area contributed by atoms with E-state index in [1.54, 1.807) is 0 Å². The lowest BCUT2D eigenvalue weighted by Crippen LogP contribution is -2.07. The highest BCUT2D eigenvalue weighted by molar-refractivity contribution is 7.99. The highest BCUT2D eigenvalue weighted by atomic mass is 32.2. The maximum Gasteiger partial charge on any atom is 0.430 e. The summed E-state index contributed by atoms with van der Waals surface area (Å²) >= 11 is 2.92. The molecule has 2 aromatic heterocycles. The van der Waals surface area contributed by atoms with Crippen LogP contribution in [-0.2, 0) is 4.57 Å². The molecule has 2 heterocycles. The van der Waals surface area contributed by atoms with Gasteiger partial charge in [-0.25, -0.2) is 4.57 Å². The van der Waals surface area contributed by atoms with Crippen LogP contribution in [0, 0.1) is 27.7 Å². The molecule has 0 amide bonds. The highest BCUT2D eigenvalue weighted by Gasteiger charge is 2.27. The van der Waals surface area contributed by atoms with Crippen LogP contribution in [0.2, 0.25) is 0 Å². The van der Waals surface area contributed by atoms with Gasteiger partial charge in [0.25, 0.3) is 11.8 Å². The third-order valence-corrected chi connectivity index (χ3v) is 6.44. The zero-order valence-electron chi connectivity index (χ0n) is 15.3. The Labute approximate surface area is 156 Å². The largest absolute Gasteiger partial charge is 0.430 e. The lowest BCUT2D eigenvalue weighted by Gasteiger charge is -2.18. The van der Waals surface area contributed by atoms with Gasteiger partial charge >= 0.3 is 7.60 Å². The Bertz CT molecular complexity index is 783. The Morgan fingerprint density at radius 1 is 0.760 bits per heavy atom. The lowest BCUT2D eigenvalue weighted by molar-refractivity contribution is 0.368. The predicted octanol–water partition coefficient (Wildman–Crippen LogP) is 4.22. The summed E-state index contributed by atoms with van der Waals surface area (Å²) in [4.78, 5) is 1.57. The summed E-state index contributed by atoms with van der Waals surface area (Å²) in [6, 6.07) is 0. The topological polar surface area (TPSA) is 87.1 Å². The first-order chi connectivity index (χ1) is 11.7. The Morgan fingerprint density at radius 3 is 1.44 bits per heavy atom. The van der Waals surface area contributed by atoms with Crippen LogP contribution in [-0.4, -0.2) is 39.6 Å². The van der Waals surface area contributed by atoms with E-state index in [9.17, 15) is 4.57 Å². The molecule has 0 saturated carbocycles. The van der Waals surface area contributed by atoms with Crippen LogP contribution in [0.5, 0.6) is 11.8 Å². The van der Waals surface area contributed by atoms with Crippen LogP contribution in [0.4, 0.5) is 0 Å². The van der Waals surface area contributed by atoms with E-state index in [0.717, 1.165) is 32.3 Å². The van der Waals surface area contributed by atoms with Crippen LogP contribution in [0.15, 0.2) is 9.79 Å². The number of thioether (sulfide) groups is 2. The van der Waals surface area contributed by atoms with Crippen molar-refractivity contribution in [2.75, 3.05) is 19.2 Å². The van der Waals surface area contributed by atoms with E-state index < -0.39 is 7.60 Å². The van der Waals surface area contributed by atoms with E-state index >= 15 is 0 Å². The van der Waals surface area contributed by atoms with E-state index in [4.69, 9.17) is 9.05 Å². The van der Waals surface area contributed by atoms with Gasteiger partial charge in [0.2, 0.25) is 0 Å². The normalized spacial score (nSPS) is 11.5. The van der Waals surface area contributed by atoms with Gasteiger partial charge in [0, 0.05) is 0 Å². The molecule has 0 fully saturated rings. The fraction of sp³-hybridized carbons (Fsp3) is 0.467. The van der Waals surface area contributed by atoms with E-state index in [2.05, 4.69) is 20.4 Å². The number of aromatic nitrogens is 4. The zero-order chi connectivity index (χ0) is 18.8. The molecular weight excluding hydrogens is 379 g/mol. The second kappa shape index (κ2) is 7.93. The fourth-order valence-electron chi connectivity index (χ4n) is 2.06. The van der Waals surface area contributed by atoms with Crippen molar-refractivity contribution in [1.29, 1.82) is 0 Å². The Kier molecular flexibility index (Phi) is 6.35. The molecule has 0 aliphatic carbocycles. The molecule has 0 saturated heterocycles. The molecule has 0 aliphatic rings. The summed E-state index contributed by atoms with van der Waals surface area (Å²) in [5.41, 5.74) is 3.48. The maximum absolute atomic E-state index is 12.9. The molecule has 7 nitrogen and oxygen atoms in total. The summed E-state index contributed by atoms with van der Waals surface area (Å²) in [7, 11) is -3.52. The van der Waals surface area contributed by atoms with Gasteiger partial charge in [-0.3, -0.25) is 0 Å². The summed E-state index contributed by atoms with van der Waals surface area (Å²) < 4.78 is 24.1. The van der Waals surface area contributed by atoms with E-state index in [1.165, 1.54) is 30.2 Å². The van der Waals surface area contributed by atoms with E-state index in [0.29, 0.717) is 0 Å². The first-order valence-corrected chi connectivity index (χ1v) is 11.9. The minimum Gasteiger partial charge on any atom is -0.395 e. The molecular formula is C15H21N4O3PS2. The number of rotatable bonds is 6. The quantitative estimate of drug-likeness (QED) is 0.522. The average Bonchev–Trinajstić information content (AvgIpc) is 2.55. The van der Waals surface area contributed by atoms with Crippen LogP contribution in [0.25, 0.3) is 0 Å². The first kappa shape index (κ1) is 20.0. The van der Waals surface area contributed by atoms with Crippen molar-refractivity contribution in [2.45, 2.75) is 37.5 Å². The third-order valence-electron chi connectivity index (χ3n) is 3.65. The van der Waals surface area contributed by atoms with Gasteiger partial charge in [-0.15, -0.1) is 33.7 Å². The van der Waals surface area contributed by atoms with Gasteiger partial charge in [0.15, 0.2) is 0 Å². The molecule has 136 valence electrons. The highest BCUT2D eigenvalue weighted by Crippen LogP contribution is 2.48. The first-order valence-electron chi connectivity index (χ1n) is 7.42. The van der Waals surface area contributed by atoms with Crippen molar-refractivity contribution in [3.8, 4) is 11.8 Å². The molecule has 0 spiro atoms. The van der Waals surface area contributed by atoms with Crippen molar-refractivity contribution in [3.05, 3.63) is 22.5 Å².